The number of rotatable bonds is 10. The topological polar surface area (TPSA) is 72.7 Å². The van der Waals surface area contributed by atoms with E-state index in [0.29, 0.717) is 18.9 Å². The third-order valence-corrected chi connectivity index (χ3v) is 5.09. The predicted octanol–water partition coefficient (Wildman–Crippen LogP) is 3.84. The number of guanidine groups is 1. The summed E-state index contributed by atoms with van der Waals surface area (Å²) < 4.78 is 13.5. The third-order valence-electron chi connectivity index (χ3n) is 5.09. The van der Waals surface area contributed by atoms with E-state index in [9.17, 15) is 0 Å². The Balaban J connectivity index is 1.46. The van der Waals surface area contributed by atoms with Crippen molar-refractivity contribution in [1.82, 2.24) is 20.4 Å². The number of aromatic nitrogens is 2. The zero-order valence-electron chi connectivity index (χ0n) is 19.4. The van der Waals surface area contributed by atoms with Crippen molar-refractivity contribution < 1.29 is 9.47 Å². The molecular formula is C25H33N5O2. The van der Waals surface area contributed by atoms with Gasteiger partial charge in [0, 0.05) is 32.4 Å². The molecule has 1 aromatic heterocycles. The largest absolute Gasteiger partial charge is 0.493 e. The molecule has 170 valence electrons. The molecule has 0 aliphatic heterocycles. The van der Waals surface area contributed by atoms with Crippen molar-refractivity contribution in [3.63, 3.8) is 0 Å². The van der Waals surface area contributed by atoms with Crippen LogP contribution in [0.5, 0.6) is 11.5 Å². The molecule has 2 N–H and O–H groups in total. The lowest BCUT2D eigenvalue weighted by molar-refractivity contribution is 0.284. The Kier molecular flexibility index (Phi) is 8.54. The van der Waals surface area contributed by atoms with Gasteiger partial charge in [-0.1, -0.05) is 36.4 Å². The van der Waals surface area contributed by atoms with E-state index in [4.69, 9.17) is 9.47 Å². The second kappa shape index (κ2) is 11.8. The first-order valence-corrected chi connectivity index (χ1v) is 10.9. The van der Waals surface area contributed by atoms with Crippen LogP contribution in [0.15, 0.2) is 59.6 Å². The van der Waals surface area contributed by atoms with Crippen LogP contribution in [-0.2, 0) is 19.7 Å². The normalized spacial score (nSPS) is 11.3. The van der Waals surface area contributed by atoms with Gasteiger partial charge in [0.1, 0.15) is 6.61 Å². The fraction of sp³-hybridized carbons (Fsp3) is 0.360. The van der Waals surface area contributed by atoms with Gasteiger partial charge < -0.3 is 20.1 Å². The van der Waals surface area contributed by atoms with Gasteiger partial charge in [-0.25, -0.2) is 0 Å². The van der Waals surface area contributed by atoms with Crippen LogP contribution in [0, 0.1) is 13.8 Å². The SMILES string of the molecule is CN=C(NCCCn1nc(C)cc1C)NCc1ccc(OCc2ccccc2)c(OC)c1. The summed E-state index contributed by atoms with van der Waals surface area (Å²) in [6, 6.07) is 18.2. The Bertz CT molecular complexity index is 1010. The summed E-state index contributed by atoms with van der Waals surface area (Å²) in [7, 11) is 3.43. The minimum Gasteiger partial charge on any atom is -0.493 e. The molecule has 0 atom stereocenters. The molecule has 0 fully saturated rings. The highest BCUT2D eigenvalue weighted by atomic mass is 16.5. The van der Waals surface area contributed by atoms with Crippen LogP contribution >= 0.6 is 0 Å². The summed E-state index contributed by atoms with van der Waals surface area (Å²) in [5, 5.41) is 11.2. The Labute approximate surface area is 190 Å². The van der Waals surface area contributed by atoms with Gasteiger partial charge in [-0.05, 0) is 49.6 Å². The van der Waals surface area contributed by atoms with Crippen molar-refractivity contribution in [3.05, 3.63) is 77.1 Å². The van der Waals surface area contributed by atoms with Crippen molar-refractivity contribution in [2.24, 2.45) is 4.99 Å². The molecule has 3 rings (SSSR count). The predicted molar refractivity (Wildman–Crippen MR) is 128 cm³/mol. The van der Waals surface area contributed by atoms with Gasteiger partial charge in [0.05, 0.1) is 12.8 Å². The number of benzene rings is 2. The van der Waals surface area contributed by atoms with E-state index < -0.39 is 0 Å². The van der Waals surface area contributed by atoms with Crippen LogP contribution < -0.4 is 20.1 Å². The monoisotopic (exact) mass is 435 g/mol. The first-order valence-electron chi connectivity index (χ1n) is 10.9. The van der Waals surface area contributed by atoms with E-state index in [1.54, 1.807) is 14.2 Å². The molecule has 0 bridgehead atoms. The highest BCUT2D eigenvalue weighted by Gasteiger charge is 2.07. The molecule has 0 saturated heterocycles. The van der Waals surface area contributed by atoms with Crippen LogP contribution in [0.1, 0.15) is 28.9 Å². The number of aryl methyl sites for hydroxylation is 3. The number of hydrogen-bond acceptors (Lipinski definition) is 4. The maximum atomic E-state index is 5.94. The van der Waals surface area contributed by atoms with Crippen LogP contribution in [0.2, 0.25) is 0 Å². The van der Waals surface area contributed by atoms with Crippen molar-refractivity contribution in [2.75, 3.05) is 20.7 Å². The highest BCUT2D eigenvalue weighted by Crippen LogP contribution is 2.28. The molecule has 7 heteroatoms. The molecule has 32 heavy (non-hydrogen) atoms. The first-order chi connectivity index (χ1) is 15.6. The van der Waals surface area contributed by atoms with E-state index in [-0.39, 0.29) is 0 Å². The summed E-state index contributed by atoms with van der Waals surface area (Å²) in [5.41, 5.74) is 4.45. The molecule has 0 radical (unpaired) electrons. The number of nitrogens with zero attached hydrogens (tertiary/aromatic N) is 3. The van der Waals surface area contributed by atoms with E-state index in [2.05, 4.69) is 33.7 Å². The maximum absolute atomic E-state index is 5.94. The van der Waals surface area contributed by atoms with Gasteiger partial charge in [-0.3, -0.25) is 9.67 Å². The summed E-state index contributed by atoms with van der Waals surface area (Å²) in [4.78, 5) is 4.31. The smallest absolute Gasteiger partial charge is 0.191 e. The average Bonchev–Trinajstić information content (AvgIpc) is 3.14. The Morgan fingerprint density at radius 3 is 2.50 bits per heavy atom. The molecule has 0 unspecified atom stereocenters. The molecule has 2 aromatic carbocycles. The van der Waals surface area contributed by atoms with Gasteiger partial charge in [-0.15, -0.1) is 0 Å². The summed E-state index contributed by atoms with van der Waals surface area (Å²) in [6.45, 7) is 6.93. The van der Waals surface area contributed by atoms with Crippen LogP contribution in [0.4, 0.5) is 0 Å². The van der Waals surface area contributed by atoms with Crippen molar-refractivity contribution >= 4 is 5.96 Å². The number of methoxy groups -OCH3 is 1. The second-order valence-electron chi connectivity index (χ2n) is 7.62. The van der Waals surface area contributed by atoms with Gasteiger partial charge in [-0.2, -0.15) is 5.10 Å². The lowest BCUT2D eigenvalue weighted by Gasteiger charge is -2.15. The Hall–Kier alpha value is -3.48. The van der Waals surface area contributed by atoms with Crippen molar-refractivity contribution in [2.45, 2.75) is 40.0 Å². The molecule has 1 heterocycles. The number of hydrogen-bond donors (Lipinski definition) is 2. The lowest BCUT2D eigenvalue weighted by Crippen LogP contribution is -2.37. The molecule has 0 aliphatic carbocycles. The van der Waals surface area contributed by atoms with Crippen LogP contribution in [0.25, 0.3) is 0 Å². The van der Waals surface area contributed by atoms with Gasteiger partial charge >= 0.3 is 0 Å². The van der Waals surface area contributed by atoms with Gasteiger partial charge in [0.15, 0.2) is 17.5 Å². The molecule has 0 saturated carbocycles. The van der Waals surface area contributed by atoms with Crippen LogP contribution in [-0.4, -0.2) is 36.4 Å². The Morgan fingerprint density at radius 2 is 1.81 bits per heavy atom. The van der Waals surface area contributed by atoms with E-state index in [0.717, 1.165) is 48.0 Å². The lowest BCUT2D eigenvalue weighted by atomic mass is 10.2. The fourth-order valence-corrected chi connectivity index (χ4v) is 3.42. The van der Waals surface area contributed by atoms with Crippen molar-refractivity contribution in [3.8, 4) is 11.5 Å². The summed E-state index contributed by atoms with van der Waals surface area (Å²) >= 11 is 0. The Morgan fingerprint density at radius 1 is 1.00 bits per heavy atom. The zero-order chi connectivity index (χ0) is 22.8. The molecule has 3 aromatic rings. The average molecular weight is 436 g/mol. The van der Waals surface area contributed by atoms with E-state index in [1.807, 2.05) is 60.1 Å². The zero-order valence-corrected chi connectivity index (χ0v) is 19.4. The number of aliphatic imine (C=N–C) groups is 1. The molecule has 0 amide bonds. The number of ether oxygens (including phenoxy) is 2. The standard InChI is InChI=1S/C25H33N5O2/c1-19-15-20(2)30(29-19)14-8-13-27-25(26-3)28-17-22-11-12-23(24(16-22)31-4)32-18-21-9-6-5-7-10-21/h5-7,9-12,15-16H,8,13-14,17-18H2,1-4H3,(H2,26,27,28). The minimum absolute atomic E-state index is 0.503. The molecular weight excluding hydrogens is 402 g/mol. The minimum atomic E-state index is 0.503. The maximum Gasteiger partial charge on any atom is 0.191 e. The summed E-state index contributed by atoms with van der Waals surface area (Å²) in [5.74, 6) is 2.21. The molecule has 0 spiro atoms. The first kappa shape index (κ1) is 23.2. The van der Waals surface area contributed by atoms with Gasteiger partial charge in [0.25, 0.3) is 0 Å². The summed E-state index contributed by atoms with van der Waals surface area (Å²) in [6.07, 6.45) is 0.962. The molecule has 0 aliphatic rings. The van der Waals surface area contributed by atoms with E-state index >= 15 is 0 Å². The van der Waals surface area contributed by atoms with Crippen molar-refractivity contribution in [1.29, 1.82) is 0 Å². The number of nitrogens with one attached hydrogen (secondary N) is 2. The third kappa shape index (κ3) is 6.77. The van der Waals surface area contributed by atoms with Gasteiger partial charge in [0.2, 0.25) is 0 Å². The fourth-order valence-electron chi connectivity index (χ4n) is 3.42. The second-order valence-corrected chi connectivity index (χ2v) is 7.62. The molecule has 7 nitrogen and oxygen atoms in total. The van der Waals surface area contributed by atoms with Crippen LogP contribution in [0.3, 0.4) is 0 Å². The quantitative estimate of drug-likeness (QED) is 0.288. The highest BCUT2D eigenvalue weighted by molar-refractivity contribution is 5.79. The van der Waals surface area contributed by atoms with E-state index in [1.165, 1.54) is 5.69 Å².